The number of carbonyl (C=O) groups is 5. The summed E-state index contributed by atoms with van der Waals surface area (Å²) in [7, 11) is 0. The van der Waals surface area contributed by atoms with E-state index in [1.807, 2.05) is 0 Å². The largest absolute Gasteiger partial charge is 0.480 e. The van der Waals surface area contributed by atoms with Gasteiger partial charge in [0.2, 0.25) is 23.6 Å². The van der Waals surface area contributed by atoms with Gasteiger partial charge in [0, 0.05) is 13.0 Å². The number of primary amides is 1. The molecule has 5 atom stereocenters. The predicted octanol–water partition coefficient (Wildman–Crippen LogP) is -2.14. The second-order valence-corrected chi connectivity index (χ2v) is 8.28. The molecule has 1 heterocycles. The minimum atomic E-state index is -1.44. The number of aliphatic carboxylic acids is 1. The van der Waals surface area contributed by atoms with E-state index in [0.29, 0.717) is 18.4 Å². The predicted molar refractivity (Wildman–Crippen MR) is 120 cm³/mol. The molecule has 1 saturated heterocycles. The first-order valence-corrected chi connectivity index (χ1v) is 10.9. The van der Waals surface area contributed by atoms with Crippen molar-refractivity contribution in [2.24, 2.45) is 11.5 Å². The van der Waals surface area contributed by atoms with Gasteiger partial charge in [-0.05, 0) is 25.3 Å². The van der Waals surface area contributed by atoms with Gasteiger partial charge >= 0.3 is 5.97 Å². The second kappa shape index (κ2) is 12.1. The number of benzene rings is 1. The molecule has 12 heteroatoms. The average Bonchev–Trinajstić information content (AvgIpc) is 3.27. The number of nitrogens with zero attached hydrogens (tertiary/aromatic N) is 1. The van der Waals surface area contributed by atoms with Crippen molar-refractivity contribution in [2.45, 2.75) is 62.9 Å². The maximum Gasteiger partial charge on any atom is 0.326 e. The van der Waals surface area contributed by atoms with Gasteiger partial charge in [0.15, 0.2) is 0 Å². The fourth-order valence-corrected chi connectivity index (χ4v) is 3.70. The Kier molecular flexibility index (Phi) is 9.51. The van der Waals surface area contributed by atoms with Crippen molar-refractivity contribution in [3.05, 3.63) is 35.9 Å². The van der Waals surface area contributed by atoms with Crippen LogP contribution in [-0.2, 0) is 30.4 Å². The molecule has 34 heavy (non-hydrogen) atoms. The lowest BCUT2D eigenvalue weighted by Crippen LogP contribution is -2.58. The Morgan fingerprint density at radius 1 is 1.12 bits per heavy atom. The molecule has 1 aliphatic rings. The van der Waals surface area contributed by atoms with E-state index in [2.05, 4.69) is 10.6 Å². The van der Waals surface area contributed by atoms with Crippen LogP contribution in [0, 0.1) is 0 Å². The molecule has 4 amide bonds. The van der Waals surface area contributed by atoms with Crippen LogP contribution in [0.5, 0.6) is 0 Å². The number of rotatable bonds is 11. The Morgan fingerprint density at radius 3 is 2.32 bits per heavy atom. The quantitative estimate of drug-likeness (QED) is 0.207. The third kappa shape index (κ3) is 7.25. The molecule has 5 unspecified atom stereocenters. The first-order chi connectivity index (χ1) is 16.0. The maximum atomic E-state index is 12.9. The number of aliphatic hydroxyl groups is 1. The van der Waals surface area contributed by atoms with E-state index in [1.165, 1.54) is 11.8 Å². The minimum absolute atomic E-state index is 0.0126. The summed E-state index contributed by atoms with van der Waals surface area (Å²) in [4.78, 5) is 62.7. The second-order valence-electron chi connectivity index (χ2n) is 8.28. The van der Waals surface area contributed by atoms with E-state index in [4.69, 9.17) is 11.5 Å². The van der Waals surface area contributed by atoms with Gasteiger partial charge < -0.3 is 37.2 Å². The van der Waals surface area contributed by atoms with Gasteiger partial charge in [0.1, 0.15) is 24.2 Å². The molecule has 1 fully saturated rings. The van der Waals surface area contributed by atoms with Gasteiger partial charge in [0.25, 0.3) is 0 Å². The van der Waals surface area contributed by atoms with E-state index < -0.39 is 66.3 Å². The number of hydrogen-bond donors (Lipinski definition) is 6. The standard InChI is InChI=1S/C22H31N5O7/c1-12(28)18(24)21(32)27-9-5-8-16(27)20(31)25-14(11-17(23)29)19(30)26-15(22(33)34)10-13-6-3-2-4-7-13/h2-4,6-7,12,14-16,18,28H,5,8-11,24H2,1H3,(H2,23,29)(H,25,31)(H,26,30)(H,33,34). The third-order valence-corrected chi connectivity index (χ3v) is 5.58. The van der Waals surface area contributed by atoms with Crippen molar-refractivity contribution in [3.63, 3.8) is 0 Å². The fraction of sp³-hybridized carbons (Fsp3) is 0.500. The molecule has 0 bridgehead atoms. The van der Waals surface area contributed by atoms with Crippen molar-refractivity contribution in [3.8, 4) is 0 Å². The lowest BCUT2D eigenvalue weighted by atomic mass is 10.0. The highest BCUT2D eigenvalue weighted by molar-refractivity contribution is 5.96. The Bertz CT molecular complexity index is 908. The molecule has 2 rings (SSSR count). The zero-order valence-electron chi connectivity index (χ0n) is 18.8. The molecular weight excluding hydrogens is 446 g/mol. The lowest BCUT2D eigenvalue weighted by molar-refractivity contribution is -0.143. The van der Waals surface area contributed by atoms with E-state index in [1.54, 1.807) is 30.3 Å². The number of aliphatic hydroxyl groups excluding tert-OH is 1. The number of hydrogen-bond acceptors (Lipinski definition) is 7. The van der Waals surface area contributed by atoms with Gasteiger partial charge in [-0.15, -0.1) is 0 Å². The third-order valence-electron chi connectivity index (χ3n) is 5.58. The number of nitrogens with two attached hydrogens (primary N) is 2. The van der Waals surface area contributed by atoms with E-state index in [0.717, 1.165) is 0 Å². The molecule has 8 N–H and O–H groups in total. The van der Waals surface area contributed by atoms with Crippen LogP contribution in [0.1, 0.15) is 31.7 Å². The molecule has 0 spiro atoms. The highest BCUT2D eigenvalue weighted by atomic mass is 16.4. The zero-order chi connectivity index (χ0) is 25.4. The summed E-state index contributed by atoms with van der Waals surface area (Å²) in [6.07, 6.45) is -0.908. The van der Waals surface area contributed by atoms with Crippen molar-refractivity contribution < 1.29 is 34.2 Å². The highest BCUT2D eigenvalue weighted by Gasteiger charge is 2.39. The van der Waals surface area contributed by atoms with Gasteiger partial charge in [-0.1, -0.05) is 30.3 Å². The van der Waals surface area contributed by atoms with Crippen LogP contribution >= 0.6 is 0 Å². The molecule has 186 valence electrons. The van der Waals surface area contributed by atoms with Crippen LogP contribution in [0.15, 0.2) is 30.3 Å². The van der Waals surface area contributed by atoms with Gasteiger partial charge in [-0.3, -0.25) is 19.2 Å². The number of amides is 4. The lowest BCUT2D eigenvalue weighted by Gasteiger charge is -2.29. The number of carboxylic acids is 1. The molecule has 0 radical (unpaired) electrons. The highest BCUT2D eigenvalue weighted by Crippen LogP contribution is 2.19. The van der Waals surface area contributed by atoms with E-state index in [-0.39, 0.29) is 13.0 Å². The van der Waals surface area contributed by atoms with E-state index >= 15 is 0 Å². The summed E-state index contributed by atoms with van der Waals surface area (Å²) >= 11 is 0. The smallest absolute Gasteiger partial charge is 0.326 e. The van der Waals surface area contributed by atoms with Crippen molar-refractivity contribution in [1.82, 2.24) is 15.5 Å². The van der Waals surface area contributed by atoms with Gasteiger partial charge in [0.05, 0.1) is 12.5 Å². The number of nitrogens with one attached hydrogen (secondary N) is 2. The molecule has 12 nitrogen and oxygen atoms in total. The van der Waals surface area contributed by atoms with Crippen LogP contribution < -0.4 is 22.1 Å². The van der Waals surface area contributed by atoms with Crippen molar-refractivity contribution in [2.75, 3.05) is 6.54 Å². The summed E-state index contributed by atoms with van der Waals surface area (Å²) in [6.45, 7) is 1.59. The van der Waals surface area contributed by atoms with Crippen LogP contribution in [0.25, 0.3) is 0 Å². The first-order valence-electron chi connectivity index (χ1n) is 10.9. The molecular formula is C22H31N5O7. The van der Waals surface area contributed by atoms with Crippen LogP contribution in [0.4, 0.5) is 0 Å². The van der Waals surface area contributed by atoms with Crippen molar-refractivity contribution >= 4 is 29.6 Å². The van der Waals surface area contributed by atoms with Gasteiger partial charge in [-0.2, -0.15) is 0 Å². The normalized spacial score (nSPS) is 18.9. The SMILES string of the molecule is CC(O)C(N)C(=O)N1CCCC1C(=O)NC(CC(N)=O)C(=O)NC(Cc1ccccc1)C(=O)O. The molecule has 0 aliphatic carbocycles. The number of likely N-dealkylation sites (tertiary alicyclic amines) is 1. The average molecular weight is 478 g/mol. The number of carbonyl (C=O) groups excluding carboxylic acids is 4. The van der Waals surface area contributed by atoms with Crippen molar-refractivity contribution in [1.29, 1.82) is 0 Å². The minimum Gasteiger partial charge on any atom is -0.480 e. The Balaban J connectivity index is 2.12. The summed E-state index contributed by atoms with van der Waals surface area (Å²) in [5.74, 6) is -4.39. The summed E-state index contributed by atoms with van der Waals surface area (Å²) in [5, 5.41) is 23.9. The Hall–Kier alpha value is -3.51. The molecule has 1 aliphatic heterocycles. The molecule has 1 aromatic rings. The molecule has 0 aromatic heterocycles. The van der Waals surface area contributed by atoms with Crippen LogP contribution in [-0.4, -0.2) is 81.5 Å². The zero-order valence-corrected chi connectivity index (χ0v) is 18.8. The van der Waals surface area contributed by atoms with Crippen LogP contribution in [0.3, 0.4) is 0 Å². The molecule has 0 saturated carbocycles. The summed E-state index contributed by atoms with van der Waals surface area (Å²) < 4.78 is 0. The first kappa shape index (κ1) is 26.7. The maximum absolute atomic E-state index is 12.9. The Morgan fingerprint density at radius 2 is 1.76 bits per heavy atom. The summed E-state index contributed by atoms with van der Waals surface area (Å²) in [6, 6.07) is 3.70. The topological polar surface area (TPSA) is 205 Å². The fourth-order valence-electron chi connectivity index (χ4n) is 3.70. The van der Waals surface area contributed by atoms with Gasteiger partial charge in [-0.25, -0.2) is 4.79 Å². The monoisotopic (exact) mass is 477 g/mol. The van der Waals surface area contributed by atoms with Crippen LogP contribution in [0.2, 0.25) is 0 Å². The molecule has 1 aromatic carbocycles. The van der Waals surface area contributed by atoms with E-state index in [9.17, 15) is 34.2 Å². The number of carboxylic acid groups (broad SMARTS) is 1. The summed E-state index contributed by atoms with van der Waals surface area (Å²) in [5.41, 5.74) is 11.6. The Labute approximate surface area is 196 Å².